The summed E-state index contributed by atoms with van der Waals surface area (Å²) < 4.78 is 7.54. The lowest BCUT2D eigenvalue weighted by molar-refractivity contribution is 0.320. The molecule has 0 unspecified atom stereocenters. The van der Waals surface area contributed by atoms with E-state index in [-0.39, 0.29) is 0 Å². The number of rotatable bonds is 5. The van der Waals surface area contributed by atoms with Crippen LogP contribution in [0.3, 0.4) is 0 Å². The predicted molar refractivity (Wildman–Crippen MR) is 87.9 cm³/mol. The fourth-order valence-electron chi connectivity index (χ4n) is 1.85. The lowest BCUT2D eigenvalue weighted by Gasteiger charge is -2.17. The Morgan fingerprint density at radius 1 is 1.21 bits per heavy atom. The molecule has 0 aliphatic carbocycles. The van der Waals surface area contributed by atoms with Gasteiger partial charge in [0.05, 0.1) is 7.11 Å². The minimum atomic E-state index is 0.882. The lowest BCUT2D eigenvalue weighted by Crippen LogP contribution is -2.16. The quantitative estimate of drug-likeness (QED) is 0.701. The smallest absolute Gasteiger partial charge is 0.119 e. The Bertz CT molecular complexity index is 556. The molecule has 0 atom stereocenters. The van der Waals surface area contributed by atoms with Gasteiger partial charge in [0.1, 0.15) is 5.75 Å². The Morgan fingerprint density at radius 3 is 2.63 bits per heavy atom. The first-order chi connectivity index (χ1) is 9.08. The normalized spacial score (nSPS) is 11.0. The van der Waals surface area contributed by atoms with Crippen LogP contribution in [-0.2, 0) is 13.1 Å². The minimum Gasteiger partial charge on any atom is -0.497 e. The summed E-state index contributed by atoms with van der Waals surface area (Å²) in [6, 6.07) is 8.24. The summed E-state index contributed by atoms with van der Waals surface area (Å²) in [6.45, 7) is 1.83. The highest BCUT2D eigenvalue weighted by Crippen LogP contribution is 2.25. The zero-order valence-corrected chi connectivity index (χ0v) is 14.8. The topological polar surface area (TPSA) is 12.5 Å². The molecule has 0 aliphatic rings. The van der Waals surface area contributed by atoms with Crippen molar-refractivity contribution in [3.63, 3.8) is 0 Å². The highest BCUT2D eigenvalue weighted by atomic mass is 79.9. The lowest BCUT2D eigenvalue weighted by atomic mass is 10.2. The van der Waals surface area contributed by atoms with Crippen LogP contribution in [0.4, 0.5) is 0 Å². The van der Waals surface area contributed by atoms with E-state index in [4.69, 9.17) is 4.74 Å². The molecule has 0 bridgehead atoms. The van der Waals surface area contributed by atoms with E-state index < -0.39 is 0 Å². The van der Waals surface area contributed by atoms with Crippen molar-refractivity contribution in [3.05, 3.63) is 49.0 Å². The Balaban J connectivity index is 2.03. The van der Waals surface area contributed by atoms with Gasteiger partial charge in [0.2, 0.25) is 0 Å². The van der Waals surface area contributed by atoms with Crippen LogP contribution in [0, 0.1) is 0 Å². The molecule has 2 aromatic rings. The standard InChI is InChI=1S/C14H15Br2NOS/c1-17(8-13-6-11(15)9-19-13)7-10-5-12(18-2)3-4-14(10)16/h3-6,9H,7-8H2,1-2H3. The van der Waals surface area contributed by atoms with Gasteiger partial charge in [-0.05, 0) is 52.8 Å². The average molecular weight is 405 g/mol. The first-order valence-corrected chi connectivity index (χ1v) is 8.29. The van der Waals surface area contributed by atoms with E-state index in [2.05, 4.69) is 61.3 Å². The molecule has 0 spiro atoms. The maximum atomic E-state index is 5.27. The molecule has 0 amide bonds. The van der Waals surface area contributed by atoms with Crippen LogP contribution in [0.5, 0.6) is 5.75 Å². The molecule has 0 aliphatic heterocycles. The Labute approximate surface area is 134 Å². The Morgan fingerprint density at radius 2 is 2.00 bits per heavy atom. The third-order valence-electron chi connectivity index (χ3n) is 2.74. The second-order valence-electron chi connectivity index (χ2n) is 4.36. The molecular weight excluding hydrogens is 390 g/mol. The SMILES string of the molecule is COc1ccc(Br)c(CN(C)Cc2cc(Br)cs2)c1. The molecule has 0 fully saturated rings. The van der Waals surface area contributed by atoms with Crippen molar-refractivity contribution in [1.82, 2.24) is 4.90 Å². The molecule has 1 heterocycles. The van der Waals surface area contributed by atoms with Crippen molar-refractivity contribution < 1.29 is 4.74 Å². The Hall–Kier alpha value is -0.360. The first-order valence-electron chi connectivity index (χ1n) is 5.82. The number of benzene rings is 1. The van der Waals surface area contributed by atoms with Gasteiger partial charge < -0.3 is 4.74 Å². The van der Waals surface area contributed by atoms with Crippen LogP contribution in [0.2, 0.25) is 0 Å². The van der Waals surface area contributed by atoms with Gasteiger partial charge in [0.25, 0.3) is 0 Å². The maximum Gasteiger partial charge on any atom is 0.119 e. The molecular formula is C14H15Br2NOS. The second kappa shape index (κ2) is 6.88. The van der Waals surface area contributed by atoms with Gasteiger partial charge in [-0.1, -0.05) is 15.9 Å². The first kappa shape index (κ1) is 15.0. The molecule has 1 aromatic heterocycles. The van der Waals surface area contributed by atoms with Crippen LogP contribution >= 0.6 is 43.2 Å². The largest absolute Gasteiger partial charge is 0.497 e. The number of thiophene rings is 1. The average Bonchev–Trinajstić information content (AvgIpc) is 2.77. The summed E-state index contributed by atoms with van der Waals surface area (Å²) in [7, 11) is 3.82. The summed E-state index contributed by atoms with van der Waals surface area (Å²) in [5, 5.41) is 2.12. The van der Waals surface area contributed by atoms with E-state index in [0.29, 0.717) is 0 Å². The third kappa shape index (κ3) is 4.31. The number of ether oxygens (including phenoxy) is 1. The second-order valence-corrected chi connectivity index (χ2v) is 7.13. The molecule has 0 saturated carbocycles. The number of hydrogen-bond acceptors (Lipinski definition) is 3. The molecule has 102 valence electrons. The molecule has 0 N–H and O–H groups in total. The number of hydrogen-bond donors (Lipinski definition) is 0. The summed E-state index contributed by atoms with van der Waals surface area (Å²) in [6.07, 6.45) is 0. The summed E-state index contributed by atoms with van der Waals surface area (Å²) >= 11 is 8.85. The fraction of sp³-hybridized carbons (Fsp3) is 0.286. The van der Waals surface area contributed by atoms with E-state index in [1.807, 2.05) is 12.1 Å². The third-order valence-corrected chi connectivity index (χ3v) is 5.20. The predicted octanol–water partition coefficient (Wildman–Crippen LogP) is 4.91. The maximum absolute atomic E-state index is 5.27. The van der Waals surface area contributed by atoms with Crippen molar-refractivity contribution in [2.45, 2.75) is 13.1 Å². The molecule has 5 heteroatoms. The highest BCUT2D eigenvalue weighted by Gasteiger charge is 2.08. The van der Waals surface area contributed by atoms with Crippen molar-refractivity contribution >= 4 is 43.2 Å². The van der Waals surface area contributed by atoms with Crippen LogP contribution in [-0.4, -0.2) is 19.1 Å². The monoisotopic (exact) mass is 403 g/mol. The van der Waals surface area contributed by atoms with Crippen molar-refractivity contribution in [3.8, 4) is 5.75 Å². The van der Waals surface area contributed by atoms with E-state index in [0.717, 1.165) is 27.8 Å². The molecule has 0 saturated heterocycles. The van der Waals surface area contributed by atoms with E-state index >= 15 is 0 Å². The van der Waals surface area contributed by atoms with Crippen molar-refractivity contribution in [1.29, 1.82) is 0 Å². The van der Waals surface area contributed by atoms with E-state index in [9.17, 15) is 0 Å². The van der Waals surface area contributed by atoms with Crippen LogP contribution in [0.25, 0.3) is 0 Å². The number of halogens is 2. The van der Waals surface area contributed by atoms with Crippen LogP contribution in [0.15, 0.2) is 38.6 Å². The molecule has 2 nitrogen and oxygen atoms in total. The summed E-state index contributed by atoms with van der Waals surface area (Å²) in [5.74, 6) is 0.894. The zero-order valence-electron chi connectivity index (χ0n) is 10.8. The highest BCUT2D eigenvalue weighted by molar-refractivity contribution is 9.10. The van der Waals surface area contributed by atoms with Crippen molar-refractivity contribution in [2.24, 2.45) is 0 Å². The summed E-state index contributed by atoms with van der Waals surface area (Å²) in [5.41, 5.74) is 1.23. The van der Waals surface area contributed by atoms with Crippen molar-refractivity contribution in [2.75, 3.05) is 14.2 Å². The Kier molecular flexibility index (Phi) is 5.45. The van der Waals surface area contributed by atoms with Gasteiger partial charge in [-0.15, -0.1) is 11.3 Å². The molecule has 0 radical (unpaired) electrons. The minimum absolute atomic E-state index is 0.882. The van der Waals surface area contributed by atoms with Gasteiger partial charge in [-0.3, -0.25) is 4.90 Å². The van der Waals surface area contributed by atoms with Crippen LogP contribution < -0.4 is 4.74 Å². The molecule has 1 aromatic carbocycles. The van der Waals surface area contributed by atoms with Crippen LogP contribution in [0.1, 0.15) is 10.4 Å². The van der Waals surface area contributed by atoms with Gasteiger partial charge in [0, 0.05) is 32.3 Å². The fourth-order valence-corrected chi connectivity index (χ4v) is 3.75. The van der Waals surface area contributed by atoms with E-state index in [1.54, 1.807) is 18.4 Å². The molecule has 2 rings (SSSR count). The number of methoxy groups -OCH3 is 1. The zero-order chi connectivity index (χ0) is 13.8. The number of nitrogens with zero attached hydrogens (tertiary/aromatic N) is 1. The van der Waals surface area contributed by atoms with Gasteiger partial charge >= 0.3 is 0 Å². The van der Waals surface area contributed by atoms with Gasteiger partial charge in [-0.2, -0.15) is 0 Å². The van der Waals surface area contributed by atoms with Gasteiger partial charge in [0.15, 0.2) is 0 Å². The van der Waals surface area contributed by atoms with Gasteiger partial charge in [-0.25, -0.2) is 0 Å². The van der Waals surface area contributed by atoms with E-state index in [1.165, 1.54) is 10.4 Å². The molecule has 19 heavy (non-hydrogen) atoms. The summed E-state index contributed by atoms with van der Waals surface area (Å²) in [4.78, 5) is 3.64.